The van der Waals surface area contributed by atoms with Crippen LogP contribution in [0.1, 0.15) is 24.8 Å². The largest absolute Gasteiger partial charge is 0.356 e. The number of hydrogen-bond donors (Lipinski definition) is 2. The molecule has 0 radical (unpaired) electrons. The zero-order valence-electron chi connectivity index (χ0n) is 14.4. The molecule has 128 valence electrons. The molecule has 0 aromatic heterocycles. The van der Waals surface area contributed by atoms with Crippen LogP contribution in [0.3, 0.4) is 0 Å². The van der Waals surface area contributed by atoms with Crippen molar-refractivity contribution in [3.63, 3.8) is 0 Å². The van der Waals surface area contributed by atoms with E-state index in [2.05, 4.69) is 57.1 Å². The van der Waals surface area contributed by atoms with Gasteiger partial charge in [0.05, 0.1) is 0 Å². The van der Waals surface area contributed by atoms with E-state index < -0.39 is 0 Å². The summed E-state index contributed by atoms with van der Waals surface area (Å²) in [4.78, 5) is 6.91. The maximum atomic E-state index is 4.32. The Labute approximate surface area is 145 Å². The Balaban J connectivity index is 1.74. The van der Waals surface area contributed by atoms with E-state index in [1.54, 1.807) is 0 Å². The molecule has 0 spiro atoms. The van der Waals surface area contributed by atoms with E-state index in [9.17, 15) is 0 Å². The van der Waals surface area contributed by atoms with Crippen molar-refractivity contribution in [1.82, 2.24) is 15.5 Å². The molecular weight excluding hydrogens is 304 g/mol. The molecule has 0 aliphatic carbocycles. The normalized spacial score (nSPS) is 19.0. The van der Waals surface area contributed by atoms with E-state index in [-0.39, 0.29) is 0 Å². The second-order valence-corrected chi connectivity index (χ2v) is 6.96. The second kappa shape index (κ2) is 10.6. The molecule has 1 saturated heterocycles. The number of nitrogens with zero attached hydrogens (tertiary/aromatic N) is 2. The molecule has 1 unspecified atom stereocenters. The summed E-state index contributed by atoms with van der Waals surface area (Å²) in [5.74, 6) is 2.12. The van der Waals surface area contributed by atoms with Crippen molar-refractivity contribution >= 4 is 17.7 Å². The number of guanidine groups is 1. The van der Waals surface area contributed by atoms with Crippen LogP contribution < -0.4 is 10.6 Å². The summed E-state index contributed by atoms with van der Waals surface area (Å²) in [6.45, 7) is 4.20. The third-order valence-electron chi connectivity index (χ3n) is 4.27. The monoisotopic (exact) mass is 334 g/mol. The van der Waals surface area contributed by atoms with Crippen molar-refractivity contribution in [3.8, 4) is 0 Å². The Bertz CT molecular complexity index is 463. The van der Waals surface area contributed by atoms with Crippen molar-refractivity contribution in [3.05, 3.63) is 35.9 Å². The number of rotatable bonds is 8. The lowest BCUT2D eigenvalue weighted by Gasteiger charge is -2.25. The fourth-order valence-electron chi connectivity index (χ4n) is 3.01. The second-order valence-electron chi connectivity index (χ2n) is 5.98. The van der Waals surface area contributed by atoms with Crippen molar-refractivity contribution in [2.75, 3.05) is 38.7 Å². The average molecular weight is 335 g/mol. The van der Waals surface area contributed by atoms with Crippen molar-refractivity contribution < 1.29 is 0 Å². The van der Waals surface area contributed by atoms with Gasteiger partial charge in [-0.1, -0.05) is 30.3 Å². The highest BCUT2D eigenvalue weighted by Gasteiger charge is 2.24. The van der Waals surface area contributed by atoms with Crippen LogP contribution in [0.4, 0.5) is 0 Å². The van der Waals surface area contributed by atoms with Crippen molar-refractivity contribution in [2.24, 2.45) is 4.99 Å². The van der Waals surface area contributed by atoms with E-state index in [4.69, 9.17) is 0 Å². The van der Waals surface area contributed by atoms with Crippen molar-refractivity contribution in [2.45, 2.75) is 31.8 Å². The van der Waals surface area contributed by atoms with Crippen LogP contribution >= 0.6 is 11.8 Å². The van der Waals surface area contributed by atoms with Gasteiger partial charge in [0.15, 0.2) is 5.96 Å². The zero-order chi connectivity index (χ0) is 16.3. The molecule has 1 fully saturated rings. The van der Waals surface area contributed by atoms with Crippen molar-refractivity contribution in [1.29, 1.82) is 0 Å². The number of aliphatic imine (C=N–C) groups is 1. The van der Waals surface area contributed by atoms with E-state index in [0.717, 1.165) is 25.6 Å². The Kier molecular flexibility index (Phi) is 8.32. The summed E-state index contributed by atoms with van der Waals surface area (Å²) >= 11 is 1.89. The minimum atomic E-state index is 0.597. The Morgan fingerprint density at radius 1 is 1.30 bits per heavy atom. The first-order chi connectivity index (χ1) is 11.3. The molecule has 1 aromatic carbocycles. The molecule has 0 bridgehead atoms. The van der Waals surface area contributed by atoms with Crippen LogP contribution in [0.5, 0.6) is 0 Å². The summed E-state index contributed by atoms with van der Waals surface area (Å²) < 4.78 is 0. The van der Waals surface area contributed by atoms with Gasteiger partial charge in [-0.2, -0.15) is 11.8 Å². The standard InChI is InChI=1S/C18H30N4S/c1-19-18(20-11-7-13-23-2)21-14-17-10-6-12-22(17)15-16-8-4-3-5-9-16/h3-5,8-9,17H,6-7,10-15H2,1-2H3,(H2,19,20,21). The number of nitrogens with one attached hydrogen (secondary N) is 2. The topological polar surface area (TPSA) is 39.7 Å². The van der Waals surface area contributed by atoms with Crippen LogP contribution in [0.2, 0.25) is 0 Å². The summed E-state index contributed by atoms with van der Waals surface area (Å²) in [5.41, 5.74) is 1.40. The fraction of sp³-hybridized carbons (Fsp3) is 0.611. The van der Waals surface area contributed by atoms with Gasteiger partial charge in [-0.25, -0.2) is 0 Å². The molecule has 2 N–H and O–H groups in total. The lowest BCUT2D eigenvalue weighted by Crippen LogP contribution is -2.45. The average Bonchev–Trinajstić information content (AvgIpc) is 3.02. The summed E-state index contributed by atoms with van der Waals surface area (Å²) in [6, 6.07) is 11.4. The molecule has 1 heterocycles. The summed E-state index contributed by atoms with van der Waals surface area (Å²) in [5, 5.41) is 6.89. The highest BCUT2D eigenvalue weighted by molar-refractivity contribution is 7.98. The van der Waals surface area contributed by atoms with E-state index >= 15 is 0 Å². The zero-order valence-corrected chi connectivity index (χ0v) is 15.2. The minimum Gasteiger partial charge on any atom is -0.356 e. The van der Waals surface area contributed by atoms with Crippen LogP contribution in [0, 0.1) is 0 Å². The van der Waals surface area contributed by atoms with Gasteiger partial charge in [-0.05, 0) is 43.4 Å². The van der Waals surface area contributed by atoms with Gasteiger partial charge in [0.25, 0.3) is 0 Å². The molecule has 4 nitrogen and oxygen atoms in total. The number of benzene rings is 1. The van der Waals surface area contributed by atoms with Gasteiger partial charge in [0.2, 0.25) is 0 Å². The lowest BCUT2D eigenvalue weighted by atomic mass is 10.2. The van der Waals surface area contributed by atoms with E-state index in [1.807, 2.05) is 18.8 Å². The lowest BCUT2D eigenvalue weighted by molar-refractivity contribution is 0.245. The molecule has 1 aromatic rings. The Morgan fingerprint density at radius 2 is 2.13 bits per heavy atom. The van der Waals surface area contributed by atoms with Gasteiger partial charge in [0.1, 0.15) is 0 Å². The van der Waals surface area contributed by atoms with Gasteiger partial charge < -0.3 is 10.6 Å². The predicted octanol–water partition coefficient (Wildman–Crippen LogP) is 2.57. The third-order valence-corrected chi connectivity index (χ3v) is 4.97. The molecule has 1 aliphatic rings. The molecule has 1 atom stereocenters. The fourth-order valence-corrected chi connectivity index (χ4v) is 3.44. The van der Waals surface area contributed by atoms with E-state index in [0.29, 0.717) is 6.04 Å². The molecule has 0 amide bonds. The van der Waals surface area contributed by atoms with Crippen LogP contribution in [-0.4, -0.2) is 55.6 Å². The van der Waals surface area contributed by atoms with Gasteiger partial charge >= 0.3 is 0 Å². The van der Waals surface area contributed by atoms with E-state index in [1.165, 1.54) is 37.1 Å². The van der Waals surface area contributed by atoms with Crippen LogP contribution in [-0.2, 0) is 6.54 Å². The first-order valence-corrected chi connectivity index (χ1v) is 9.94. The highest BCUT2D eigenvalue weighted by Crippen LogP contribution is 2.19. The molecular formula is C18H30N4S. The number of thioether (sulfide) groups is 1. The third kappa shape index (κ3) is 6.43. The number of hydrogen-bond acceptors (Lipinski definition) is 3. The quantitative estimate of drug-likeness (QED) is 0.435. The van der Waals surface area contributed by atoms with Gasteiger partial charge in [0, 0.05) is 32.7 Å². The predicted molar refractivity (Wildman–Crippen MR) is 102 cm³/mol. The smallest absolute Gasteiger partial charge is 0.191 e. The first-order valence-electron chi connectivity index (χ1n) is 8.55. The maximum Gasteiger partial charge on any atom is 0.191 e. The molecule has 2 rings (SSSR count). The van der Waals surface area contributed by atoms with Crippen LogP contribution in [0.15, 0.2) is 35.3 Å². The minimum absolute atomic E-state index is 0.597. The Hall–Kier alpha value is -1.20. The highest BCUT2D eigenvalue weighted by atomic mass is 32.2. The first kappa shape index (κ1) is 18.1. The molecule has 0 saturated carbocycles. The molecule has 1 aliphatic heterocycles. The molecule has 23 heavy (non-hydrogen) atoms. The number of likely N-dealkylation sites (tertiary alicyclic amines) is 1. The Morgan fingerprint density at radius 3 is 2.87 bits per heavy atom. The molecule has 5 heteroatoms. The summed E-state index contributed by atoms with van der Waals surface area (Å²) in [7, 11) is 1.85. The van der Waals surface area contributed by atoms with Gasteiger partial charge in [-0.15, -0.1) is 0 Å². The summed E-state index contributed by atoms with van der Waals surface area (Å²) in [6.07, 6.45) is 5.88. The van der Waals surface area contributed by atoms with Crippen LogP contribution in [0.25, 0.3) is 0 Å². The van der Waals surface area contributed by atoms with Gasteiger partial charge in [-0.3, -0.25) is 9.89 Å². The SMILES string of the molecule is CN=C(NCCCSC)NCC1CCCN1Cc1ccccc1. The maximum absolute atomic E-state index is 4.32.